The van der Waals surface area contributed by atoms with E-state index in [9.17, 15) is 8.42 Å². The fourth-order valence-corrected chi connectivity index (χ4v) is 2.27. The van der Waals surface area contributed by atoms with Crippen LogP contribution in [0, 0.1) is 6.92 Å². The number of aromatic amines is 2. The molecule has 9 heteroatoms. The first-order chi connectivity index (χ1) is 8.08. The van der Waals surface area contributed by atoms with Gasteiger partial charge in [0.05, 0.1) is 6.20 Å². The highest BCUT2D eigenvalue weighted by molar-refractivity contribution is 7.89. The third-order valence-corrected chi connectivity index (χ3v) is 3.46. The van der Waals surface area contributed by atoms with Gasteiger partial charge in [0, 0.05) is 13.0 Å². The van der Waals surface area contributed by atoms with E-state index in [1.165, 1.54) is 12.5 Å². The first-order valence-corrected chi connectivity index (χ1v) is 6.42. The van der Waals surface area contributed by atoms with Gasteiger partial charge in [0.15, 0.2) is 5.03 Å². The first kappa shape index (κ1) is 11.7. The number of nitrogens with zero attached hydrogens (tertiary/aromatic N) is 3. The van der Waals surface area contributed by atoms with Crippen LogP contribution in [0.5, 0.6) is 0 Å². The summed E-state index contributed by atoms with van der Waals surface area (Å²) >= 11 is 0. The Kier molecular flexibility index (Phi) is 3.20. The highest BCUT2D eigenvalue weighted by Gasteiger charge is 2.15. The number of sulfonamides is 1. The summed E-state index contributed by atoms with van der Waals surface area (Å²) in [6.45, 7) is 1.93. The van der Waals surface area contributed by atoms with E-state index in [0.29, 0.717) is 18.1 Å². The SMILES string of the molecule is Cc1ncc(S(=O)(=O)NCCc2ncn[nH]2)[nH]1. The molecule has 8 nitrogen and oxygen atoms in total. The van der Waals surface area contributed by atoms with Gasteiger partial charge < -0.3 is 4.98 Å². The van der Waals surface area contributed by atoms with Crippen molar-refractivity contribution in [1.29, 1.82) is 0 Å². The molecule has 0 amide bonds. The minimum absolute atomic E-state index is 0.0626. The molecule has 2 aromatic rings. The monoisotopic (exact) mass is 256 g/mol. The van der Waals surface area contributed by atoms with Gasteiger partial charge in [0.1, 0.15) is 18.0 Å². The van der Waals surface area contributed by atoms with Crippen LogP contribution in [0.25, 0.3) is 0 Å². The number of rotatable bonds is 5. The highest BCUT2D eigenvalue weighted by atomic mass is 32.2. The second kappa shape index (κ2) is 4.63. The van der Waals surface area contributed by atoms with Gasteiger partial charge in [-0.1, -0.05) is 0 Å². The van der Waals surface area contributed by atoms with Crippen LogP contribution in [-0.4, -0.2) is 40.1 Å². The maximum atomic E-state index is 11.7. The molecule has 0 fully saturated rings. The van der Waals surface area contributed by atoms with Crippen molar-refractivity contribution >= 4 is 10.0 Å². The molecule has 0 aliphatic rings. The van der Waals surface area contributed by atoms with E-state index in [1.54, 1.807) is 6.92 Å². The lowest BCUT2D eigenvalue weighted by Crippen LogP contribution is -2.26. The Hall–Kier alpha value is -1.74. The molecule has 2 aromatic heterocycles. The lowest BCUT2D eigenvalue weighted by atomic mass is 10.4. The molecular weight excluding hydrogens is 244 g/mol. The zero-order valence-electron chi connectivity index (χ0n) is 9.14. The second-order valence-corrected chi connectivity index (χ2v) is 5.15. The average molecular weight is 256 g/mol. The van der Waals surface area contributed by atoms with E-state index in [4.69, 9.17) is 0 Å². The van der Waals surface area contributed by atoms with Gasteiger partial charge in [-0.3, -0.25) is 5.10 Å². The van der Waals surface area contributed by atoms with Crippen LogP contribution in [0.4, 0.5) is 0 Å². The molecule has 17 heavy (non-hydrogen) atoms. The van der Waals surface area contributed by atoms with E-state index in [2.05, 4.69) is 29.9 Å². The van der Waals surface area contributed by atoms with Crippen molar-refractivity contribution < 1.29 is 8.42 Å². The number of nitrogens with one attached hydrogen (secondary N) is 3. The zero-order chi connectivity index (χ0) is 12.3. The van der Waals surface area contributed by atoms with Crippen molar-refractivity contribution in [2.75, 3.05) is 6.54 Å². The minimum Gasteiger partial charge on any atom is -0.332 e. The summed E-state index contributed by atoms with van der Waals surface area (Å²) in [6, 6.07) is 0. The third-order valence-electron chi connectivity index (χ3n) is 2.09. The van der Waals surface area contributed by atoms with Crippen LogP contribution in [0.2, 0.25) is 0 Å². The Morgan fingerprint density at radius 2 is 2.24 bits per heavy atom. The van der Waals surface area contributed by atoms with Crippen molar-refractivity contribution in [3.05, 3.63) is 24.2 Å². The Bertz CT molecular complexity index is 573. The summed E-state index contributed by atoms with van der Waals surface area (Å²) in [6.07, 6.45) is 3.11. The fourth-order valence-electron chi connectivity index (χ4n) is 1.27. The van der Waals surface area contributed by atoms with Crippen LogP contribution in [0.15, 0.2) is 17.6 Å². The molecule has 0 bridgehead atoms. The molecule has 0 saturated carbocycles. The molecule has 3 N–H and O–H groups in total. The maximum Gasteiger partial charge on any atom is 0.257 e. The van der Waals surface area contributed by atoms with Gasteiger partial charge in [0.2, 0.25) is 0 Å². The summed E-state index contributed by atoms with van der Waals surface area (Å²) in [5.74, 6) is 1.19. The quantitative estimate of drug-likeness (QED) is 0.657. The van der Waals surface area contributed by atoms with E-state index >= 15 is 0 Å². The third kappa shape index (κ3) is 2.88. The van der Waals surface area contributed by atoms with Crippen LogP contribution in [0.3, 0.4) is 0 Å². The normalized spacial score (nSPS) is 11.8. The van der Waals surface area contributed by atoms with Crippen molar-refractivity contribution in [3.8, 4) is 0 Å². The largest absolute Gasteiger partial charge is 0.332 e. The van der Waals surface area contributed by atoms with Gasteiger partial charge >= 0.3 is 0 Å². The smallest absolute Gasteiger partial charge is 0.257 e. The molecule has 0 saturated heterocycles. The summed E-state index contributed by atoms with van der Waals surface area (Å²) in [5, 5.41) is 6.38. The minimum atomic E-state index is -3.52. The first-order valence-electron chi connectivity index (χ1n) is 4.93. The molecule has 92 valence electrons. The van der Waals surface area contributed by atoms with Gasteiger partial charge in [-0.2, -0.15) is 5.10 Å². The predicted molar refractivity (Wildman–Crippen MR) is 58.6 cm³/mol. The van der Waals surface area contributed by atoms with Crippen molar-refractivity contribution in [1.82, 2.24) is 29.9 Å². The molecule has 2 rings (SSSR count). The molecule has 0 aliphatic carbocycles. The standard InChI is InChI=1S/C8H12N6O2S/c1-6-9-4-8(13-6)17(15,16)12-3-2-7-10-5-11-14-7/h4-5,12H,2-3H2,1H3,(H,9,13)(H,10,11,14). The molecule has 2 heterocycles. The Morgan fingerprint density at radius 1 is 1.41 bits per heavy atom. The Morgan fingerprint density at radius 3 is 2.82 bits per heavy atom. The molecule has 0 atom stereocenters. The van der Waals surface area contributed by atoms with Gasteiger partial charge in [-0.15, -0.1) is 0 Å². The van der Waals surface area contributed by atoms with Crippen molar-refractivity contribution in [3.63, 3.8) is 0 Å². The summed E-state index contributed by atoms with van der Waals surface area (Å²) < 4.78 is 25.9. The summed E-state index contributed by atoms with van der Waals surface area (Å²) in [5.41, 5.74) is 0. The van der Waals surface area contributed by atoms with Gasteiger partial charge in [-0.05, 0) is 6.92 Å². The Labute approximate surface area is 97.9 Å². The van der Waals surface area contributed by atoms with E-state index in [0.717, 1.165) is 0 Å². The zero-order valence-corrected chi connectivity index (χ0v) is 9.95. The molecule has 0 aliphatic heterocycles. The highest BCUT2D eigenvalue weighted by Crippen LogP contribution is 2.04. The topological polar surface area (TPSA) is 116 Å². The van der Waals surface area contributed by atoms with Crippen LogP contribution in [-0.2, 0) is 16.4 Å². The van der Waals surface area contributed by atoms with E-state index in [-0.39, 0.29) is 11.6 Å². The lowest BCUT2D eigenvalue weighted by molar-refractivity contribution is 0.577. The molecular formula is C8H12N6O2S. The maximum absolute atomic E-state index is 11.7. The molecule has 0 radical (unpaired) electrons. The number of H-pyrrole nitrogens is 2. The number of aryl methyl sites for hydroxylation is 1. The van der Waals surface area contributed by atoms with E-state index < -0.39 is 10.0 Å². The second-order valence-electron chi connectivity index (χ2n) is 3.41. The van der Waals surface area contributed by atoms with E-state index in [1.807, 2.05) is 0 Å². The lowest BCUT2D eigenvalue weighted by Gasteiger charge is -2.02. The van der Waals surface area contributed by atoms with Crippen molar-refractivity contribution in [2.24, 2.45) is 0 Å². The fraction of sp³-hybridized carbons (Fsp3) is 0.375. The van der Waals surface area contributed by atoms with Crippen molar-refractivity contribution in [2.45, 2.75) is 18.4 Å². The van der Waals surface area contributed by atoms with Gasteiger partial charge in [0.25, 0.3) is 10.0 Å². The Balaban J connectivity index is 1.94. The number of hydrogen-bond acceptors (Lipinski definition) is 5. The summed E-state index contributed by atoms with van der Waals surface area (Å²) in [4.78, 5) is 10.4. The molecule has 0 spiro atoms. The molecule has 0 aromatic carbocycles. The number of imidazole rings is 1. The summed E-state index contributed by atoms with van der Waals surface area (Å²) in [7, 11) is -3.52. The molecule has 0 unspecified atom stereocenters. The van der Waals surface area contributed by atoms with Crippen LogP contribution < -0.4 is 4.72 Å². The average Bonchev–Trinajstić information content (AvgIpc) is 2.89. The van der Waals surface area contributed by atoms with Crippen LogP contribution in [0.1, 0.15) is 11.6 Å². The number of aromatic nitrogens is 5. The van der Waals surface area contributed by atoms with Crippen LogP contribution >= 0.6 is 0 Å². The van der Waals surface area contributed by atoms with Gasteiger partial charge in [-0.25, -0.2) is 23.1 Å². The predicted octanol–water partition coefficient (Wildman–Crippen LogP) is -0.643. The number of hydrogen-bond donors (Lipinski definition) is 3.